The van der Waals surface area contributed by atoms with E-state index in [-0.39, 0.29) is 0 Å². The summed E-state index contributed by atoms with van der Waals surface area (Å²) >= 11 is 0. The highest BCUT2D eigenvalue weighted by atomic mass is 19.4. The van der Waals surface area contributed by atoms with Gasteiger partial charge in [-0.1, -0.05) is 18.1 Å². The summed E-state index contributed by atoms with van der Waals surface area (Å²) in [7, 11) is 0. The van der Waals surface area contributed by atoms with Crippen LogP contribution >= 0.6 is 0 Å². The molecule has 0 spiro atoms. The summed E-state index contributed by atoms with van der Waals surface area (Å²) in [6.45, 7) is 2.02. The Labute approximate surface area is 119 Å². The van der Waals surface area contributed by atoms with Crippen molar-refractivity contribution in [2.24, 2.45) is 0 Å². The monoisotopic (exact) mass is 294 g/mol. The van der Waals surface area contributed by atoms with Crippen LogP contribution in [0.1, 0.15) is 29.9 Å². The number of halogens is 3. The second kappa shape index (κ2) is 6.41. The number of nitrogens with zero attached hydrogens (tertiary/aromatic N) is 2. The van der Waals surface area contributed by atoms with Crippen molar-refractivity contribution in [3.8, 4) is 11.8 Å². The fourth-order valence-electron chi connectivity index (χ4n) is 1.86. The lowest BCUT2D eigenvalue weighted by atomic mass is 10.0. The lowest BCUT2D eigenvalue weighted by Crippen LogP contribution is -2.24. The minimum absolute atomic E-state index is 0.331. The van der Waals surface area contributed by atoms with Gasteiger partial charge >= 0.3 is 6.18 Å². The predicted molar refractivity (Wildman–Crippen MR) is 71.1 cm³/mol. The first kappa shape index (κ1) is 15.1. The molecule has 1 heterocycles. The van der Waals surface area contributed by atoms with Crippen molar-refractivity contribution in [3.63, 3.8) is 0 Å². The van der Waals surface area contributed by atoms with E-state index in [0.29, 0.717) is 17.9 Å². The van der Waals surface area contributed by atoms with Crippen molar-refractivity contribution in [2.45, 2.75) is 19.1 Å². The quantitative estimate of drug-likeness (QED) is 0.852. The highest BCUT2D eigenvalue weighted by Gasteiger charge is 2.31. The van der Waals surface area contributed by atoms with Gasteiger partial charge < -0.3 is 0 Å². The smallest absolute Gasteiger partial charge is 0.293 e. The van der Waals surface area contributed by atoms with Crippen molar-refractivity contribution in [1.29, 1.82) is 0 Å². The molecule has 4 nitrogen and oxygen atoms in total. The molecule has 7 heteroatoms. The minimum atomic E-state index is -4.38. The van der Waals surface area contributed by atoms with Gasteiger partial charge in [-0.05, 0) is 24.6 Å². The van der Waals surface area contributed by atoms with E-state index in [1.54, 1.807) is 13.0 Å². The van der Waals surface area contributed by atoms with Gasteiger partial charge in [0.05, 0.1) is 18.2 Å². The van der Waals surface area contributed by atoms with Crippen molar-refractivity contribution in [3.05, 3.63) is 47.5 Å². The molecule has 0 unspecified atom stereocenters. The number of alkyl halides is 3. The normalized spacial score (nSPS) is 12.6. The van der Waals surface area contributed by atoms with Crippen LogP contribution in [-0.4, -0.2) is 21.7 Å². The molecular weight excluding hydrogens is 281 g/mol. The predicted octanol–water partition coefficient (Wildman–Crippen LogP) is 2.53. The first-order valence-electron chi connectivity index (χ1n) is 6.18. The molecule has 0 saturated carbocycles. The van der Waals surface area contributed by atoms with Gasteiger partial charge in [-0.25, -0.2) is 4.98 Å². The van der Waals surface area contributed by atoms with Gasteiger partial charge in [0.1, 0.15) is 12.2 Å². The number of hydrogen-bond donors (Lipinski definition) is 2. The highest BCUT2D eigenvalue weighted by molar-refractivity contribution is 5.31. The van der Waals surface area contributed by atoms with Crippen molar-refractivity contribution >= 4 is 0 Å². The average Bonchev–Trinajstić information content (AvgIpc) is 2.97. The fraction of sp³-hybridized carbons (Fsp3) is 0.286. The average molecular weight is 294 g/mol. The SMILES string of the molecule is CC#CCN[C@H](c1cccc(C(F)(F)F)c1)c1ncn[nH]1. The standard InChI is InChI=1S/C14H13F3N4/c1-2-3-7-18-12(13-19-9-20-21-13)10-5-4-6-11(8-10)14(15,16)17/h4-6,8-9,12,18H,7H2,1H3,(H,19,20,21)/t12-/m1/s1. The second-order valence-electron chi connectivity index (χ2n) is 4.23. The molecule has 0 aliphatic rings. The fourth-order valence-corrected chi connectivity index (χ4v) is 1.86. The van der Waals surface area contributed by atoms with E-state index in [9.17, 15) is 13.2 Å². The van der Waals surface area contributed by atoms with Crippen LogP contribution < -0.4 is 5.32 Å². The van der Waals surface area contributed by atoms with Crippen LogP contribution in [0.3, 0.4) is 0 Å². The van der Waals surface area contributed by atoms with E-state index in [0.717, 1.165) is 12.1 Å². The topological polar surface area (TPSA) is 53.6 Å². The van der Waals surface area contributed by atoms with E-state index in [1.807, 2.05) is 0 Å². The number of nitrogens with one attached hydrogen (secondary N) is 2. The minimum Gasteiger partial charge on any atom is -0.293 e. The number of hydrogen-bond acceptors (Lipinski definition) is 3. The van der Waals surface area contributed by atoms with Crippen LogP contribution in [0.5, 0.6) is 0 Å². The van der Waals surface area contributed by atoms with Gasteiger partial charge in [0, 0.05) is 0 Å². The molecule has 2 aromatic rings. The van der Waals surface area contributed by atoms with Crippen LogP contribution in [0, 0.1) is 11.8 Å². The van der Waals surface area contributed by atoms with Gasteiger partial charge in [-0.3, -0.25) is 10.4 Å². The molecule has 1 atom stereocenters. The van der Waals surface area contributed by atoms with Gasteiger partial charge in [-0.2, -0.15) is 18.3 Å². The number of rotatable bonds is 4. The molecule has 0 saturated heterocycles. The molecule has 0 aliphatic heterocycles. The lowest BCUT2D eigenvalue weighted by molar-refractivity contribution is -0.137. The molecule has 0 bridgehead atoms. The van der Waals surface area contributed by atoms with Crippen LogP contribution in [-0.2, 0) is 6.18 Å². The van der Waals surface area contributed by atoms with Gasteiger partial charge in [0.2, 0.25) is 0 Å². The summed E-state index contributed by atoms with van der Waals surface area (Å²) in [6.07, 6.45) is -3.08. The maximum absolute atomic E-state index is 12.8. The summed E-state index contributed by atoms with van der Waals surface area (Å²) in [6, 6.07) is 4.58. The molecule has 0 radical (unpaired) electrons. The largest absolute Gasteiger partial charge is 0.416 e. The molecular formula is C14H13F3N4. The van der Waals surface area contributed by atoms with E-state index < -0.39 is 17.8 Å². The summed E-state index contributed by atoms with van der Waals surface area (Å²) < 4.78 is 38.4. The summed E-state index contributed by atoms with van der Waals surface area (Å²) in [5.74, 6) is 5.96. The van der Waals surface area contributed by atoms with Crippen molar-refractivity contribution < 1.29 is 13.2 Å². The zero-order chi connectivity index (χ0) is 15.3. The molecule has 0 fully saturated rings. The zero-order valence-electron chi connectivity index (χ0n) is 11.2. The third-order valence-corrected chi connectivity index (χ3v) is 2.83. The van der Waals surface area contributed by atoms with Gasteiger partial charge in [0.25, 0.3) is 0 Å². The van der Waals surface area contributed by atoms with Crippen LogP contribution in [0.4, 0.5) is 13.2 Å². The Morgan fingerprint density at radius 3 is 2.81 bits per heavy atom. The third-order valence-electron chi connectivity index (χ3n) is 2.83. The van der Waals surface area contributed by atoms with Crippen LogP contribution in [0.15, 0.2) is 30.6 Å². The van der Waals surface area contributed by atoms with E-state index in [4.69, 9.17) is 0 Å². The van der Waals surface area contributed by atoms with Crippen molar-refractivity contribution in [1.82, 2.24) is 20.5 Å². The third kappa shape index (κ3) is 3.83. The molecule has 1 aromatic heterocycles. The first-order valence-corrected chi connectivity index (χ1v) is 6.18. The van der Waals surface area contributed by atoms with Crippen LogP contribution in [0.2, 0.25) is 0 Å². The Bertz CT molecular complexity index is 638. The molecule has 0 amide bonds. The first-order chi connectivity index (χ1) is 10.0. The Kier molecular flexibility index (Phi) is 4.60. The molecule has 2 rings (SSSR count). The van der Waals surface area contributed by atoms with E-state index in [2.05, 4.69) is 32.3 Å². The van der Waals surface area contributed by atoms with Crippen molar-refractivity contribution in [2.75, 3.05) is 6.54 Å². The maximum Gasteiger partial charge on any atom is 0.416 e. The zero-order valence-corrected chi connectivity index (χ0v) is 11.2. The Morgan fingerprint density at radius 2 is 2.19 bits per heavy atom. The maximum atomic E-state index is 12.8. The van der Waals surface area contributed by atoms with E-state index in [1.165, 1.54) is 12.4 Å². The Hall–Kier alpha value is -2.33. The molecule has 110 valence electrons. The number of benzene rings is 1. The van der Waals surface area contributed by atoms with Gasteiger partial charge in [0.15, 0.2) is 0 Å². The second-order valence-corrected chi connectivity index (χ2v) is 4.23. The van der Waals surface area contributed by atoms with Crippen LogP contribution in [0.25, 0.3) is 0 Å². The summed E-state index contributed by atoms with van der Waals surface area (Å²) in [5, 5.41) is 9.44. The Morgan fingerprint density at radius 1 is 1.38 bits per heavy atom. The molecule has 2 N–H and O–H groups in total. The number of aromatic amines is 1. The molecule has 21 heavy (non-hydrogen) atoms. The number of H-pyrrole nitrogens is 1. The molecule has 0 aliphatic carbocycles. The summed E-state index contributed by atoms with van der Waals surface area (Å²) in [4.78, 5) is 4.00. The highest BCUT2D eigenvalue weighted by Crippen LogP contribution is 2.31. The summed E-state index contributed by atoms with van der Waals surface area (Å²) in [5.41, 5.74) is -0.257. The van der Waals surface area contributed by atoms with E-state index >= 15 is 0 Å². The lowest BCUT2D eigenvalue weighted by Gasteiger charge is -2.17. The van der Waals surface area contributed by atoms with Gasteiger partial charge in [-0.15, -0.1) is 5.92 Å². The molecule has 1 aromatic carbocycles. The number of aromatic nitrogens is 3. The Balaban J connectivity index is 2.34.